The van der Waals surface area contributed by atoms with Gasteiger partial charge in [-0.1, -0.05) is 53.2 Å². The summed E-state index contributed by atoms with van der Waals surface area (Å²) in [5.41, 5.74) is 5.11. The van der Waals surface area contributed by atoms with Crippen molar-refractivity contribution in [3.05, 3.63) is 93.6 Å². The molecule has 15 heteroatoms. The van der Waals surface area contributed by atoms with Crippen LogP contribution in [0.5, 0.6) is 0 Å². The van der Waals surface area contributed by atoms with Gasteiger partial charge in [-0.15, -0.1) is 0 Å². The first-order valence-corrected chi connectivity index (χ1v) is 23.8. The fourth-order valence-electron chi connectivity index (χ4n) is 9.00. The van der Waals surface area contributed by atoms with Crippen molar-refractivity contribution in [1.82, 2.24) is 25.1 Å². The van der Waals surface area contributed by atoms with E-state index >= 15 is 0 Å². The van der Waals surface area contributed by atoms with E-state index in [1.165, 1.54) is 19.0 Å². The highest BCUT2D eigenvalue weighted by atomic mass is 35.5. The summed E-state index contributed by atoms with van der Waals surface area (Å²) in [5, 5.41) is 10.6. The largest absolute Gasteiger partial charge is 0.370 e. The monoisotopic (exact) mass is 866 g/mol. The van der Waals surface area contributed by atoms with Gasteiger partial charge in [0.15, 0.2) is 5.82 Å². The highest BCUT2D eigenvalue weighted by Gasteiger charge is 2.47. The molecule has 1 atom stereocenters. The molecule has 3 fully saturated rings. The zero-order valence-electron chi connectivity index (χ0n) is 34.1. The molecule has 2 saturated heterocycles. The number of rotatable bonds is 11. The van der Waals surface area contributed by atoms with Crippen molar-refractivity contribution >= 4 is 82.2 Å². The highest BCUT2D eigenvalue weighted by molar-refractivity contribution is 7.70. The summed E-state index contributed by atoms with van der Waals surface area (Å²) in [6, 6.07) is 18.9. The lowest BCUT2D eigenvalue weighted by molar-refractivity contribution is -0.136. The van der Waals surface area contributed by atoms with E-state index in [4.69, 9.17) is 23.2 Å². The summed E-state index contributed by atoms with van der Waals surface area (Å²) in [6.45, 7) is 6.68. The lowest BCUT2D eigenvalue weighted by atomic mass is 9.60. The van der Waals surface area contributed by atoms with E-state index in [9.17, 15) is 18.9 Å². The summed E-state index contributed by atoms with van der Waals surface area (Å²) in [7, 11) is -0.321. The van der Waals surface area contributed by atoms with Crippen LogP contribution >= 0.6 is 30.3 Å². The molecule has 1 unspecified atom stereocenters. The molecule has 3 N–H and O–H groups in total. The third kappa shape index (κ3) is 8.91. The average Bonchev–Trinajstić information content (AvgIpc) is 3.54. The summed E-state index contributed by atoms with van der Waals surface area (Å²) in [5.74, 6) is 6.51. The smallest absolute Gasteiger partial charge is 0.255 e. The predicted octanol–water partition coefficient (Wildman–Crippen LogP) is 7.79. The molecule has 4 aliphatic rings. The van der Waals surface area contributed by atoms with Crippen LogP contribution in [-0.4, -0.2) is 89.6 Å². The van der Waals surface area contributed by atoms with Gasteiger partial charge < -0.3 is 29.9 Å². The van der Waals surface area contributed by atoms with Gasteiger partial charge >= 0.3 is 0 Å². The Hall–Kier alpha value is -4.92. The van der Waals surface area contributed by atoms with Crippen LogP contribution in [0.3, 0.4) is 0 Å². The van der Waals surface area contributed by atoms with E-state index in [2.05, 4.69) is 60.7 Å². The predicted molar refractivity (Wildman–Crippen MR) is 239 cm³/mol. The van der Waals surface area contributed by atoms with E-state index in [0.29, 0.717) is 57.5 Å². The first kappa shape index (κ1) is 41.8. The van der Waals surface area contributed by atoms with Gasteiger partial charge in [-0.3, -0.25) is 19.7 Å². The number of hydrogen-bond acceptors (Lipinski definition) is 10. The van der Waals surface area contributed by atoms with Crippen LogP contribution in [0, 0.1) is 17.3 Å². The normalized spacial score (nSPS) is 18.8. The first-order valence-electron chi connectivity index (χ1n) is 20.5. The highest BCUT2D eigenvalue weighted by Crippen LogP contribution is 2.51. The minimum Gasteiger partial charge on any atom is -0.370 e. The third-order valence-corrected chi connectivity index (χ3v) is 14.6. The summed E-state index contributed by atoms with van der Waals surface area (Å²) < 4.78 is 12.9. The number of carbonyl (C=O) groups is 3. The first-order chi connectivity index (χ1) is 28.8. The molecule has 1 aromatic heterocycles. The van der Waals surface area contributed by atoms with Crippen LogP contribution in [0.2, 0.25) is 10.0 Å². The van der Waals surface area contributed by atoms with Gasteiger partial charge in [-0.25, -0.2) is 4.98 Å². The molecule has 8 rings (SSSR count). The Morgan fingerprint density at radius 3 is 2.53 bits per heavy atom. The number of piperidine rings is 2. The fourth-order valence-corrected chi connectivity index (χ4v) is 10.6. The number of imide groups is 1. The van der Waals surface area contributed by atoms with Crippen LogP contribution in [-0.2, 0) is 20.7 Å². The molecule has 12 nitrogen and oxygen atoms in total. The number of nitrogens with zero attached hydrogens (tertiary/aromatic N) is 5. The molecular weight excluding hydrogens is 818 g/mol. The van der Waals surface area contributed by atoms with Gasteiger partial charge in [-0.2, -0.15) is 4.98 Å². The molecule has 312 valence electrons. The van der Waals surface area contributed by atoms with E-state index in [1.807, 2.05) is 48.5 Å². The number of para-hydroxylation sites is 1. The number of benzene rings is 3. The van der Waals surface area contributed by atoms with Gasteiger partial charge in [0.05, 0.1) is 22.6 Å². The minimum atomic E-state index is -2.54. The lowest BCUT2D eigenvalue weighted by Crippen LogP contribution is -2.54. The molecule has 3 aromatic carbocycles. The molecule has 4 aromatic rings. The van der Waals surface area contributed by atoms with Gasteiger partial charge in [0.2, 0.25) is 17.8 Å². The van der Waals surface area contributed by atoms with Crippen molar-refractivity contribution in [3.8, 4) is 11.8 Å². The summed E-state index contributed by atoms with van der Waals surface area (Å²) >= 11 is 13.3. The Morgan fingerprint density at radius 2 is 1.78 bits per heavy atom. The van der Waals surface area contributed by atoms with Crippen molar-refractivity contribution < 1.29 is 18.9 Å². The van der Waals surface area contributed by atoms with Crippen LogP contribution in [0.25, 0.3) is 0 Å². The van der Waals surface area contributed by atoms with Crippen molar-refractivity contribution in [3.63, 3.8) is 0 Å². The Kier molecular flexibility index (Phi) is 12.0. The maximum Gasteiger partial charge on any atom is 0.255 e. The van der Waals surface area contributed by atoms with Gasteiger partial charge in [-0.05, 0) is 119 Å². The number of amides is 3. The third-order valence-electron chi connectivity index (χ3n) is 12.4. The summed E-state index contributed by atoms with van der Waals surface area (Å²) in [4.78, 5) is 52.6. The quantitative estimate of drug-likeness (QED) is 0.0593. The second-order valence-electron chi connectivity index (χ2n) is 16.8. The second kappa shape index (κ2) is 17.2. The standard InChI is InChI=1S/C45H49Cl2N8O4P/c1-53(21-8-4-5-10-29-11-9-12-32-33(29)28-55(43(32)58)38-17-18-40(56)51-42(38)57)31-25-45(26-31)19-22-54(23-20-45)37-16-15-30(24-34(37)46)49-44-48-27-35(47)41(52-44)50-36-13-6-7-14-39(36)60(2,3)59/h6-7,9,11-16,24,27,31,38H,4,8,17-23,25-26,28H2,1-3H3,(H,51,56,57)(H2,48,49,50,52). The van der Waals surface area contributed by atoms with Gasteiger partial charge in [0.25, 0.3) is 5.91 Å². The van der Waals surface area contributed by atoms with E-state index in [-0.39, 0.29) is 18.2 Å². The maximum atomic E-state index is 13.2. The van der Waals surface area contributed by atoms with E-state index in [1.54, 1.807) is 24.3 Å². The van der Waals surface area contributed by atoms with E-state index < -0.39 is 19.1 Å². The number of aromatic nitrogens is 2. The van der Waals surface area contributed by atoms with Gasteiger partial charge in [0, 0.05) is 60.6 Å². The molecule has 1 spiro atoms. The zero-order chi connectivity index (χ0) is 42.2. The maximum absolute atomic E-state index is 13.2. The number of anilines is 5. The van der Waals surface area contributed by atoms with Gasteiger partial charge in [0.1, 0.15) is 18.2 Å². The Balaban J connectivity index is 0.789. The van der Waals surface area contributed by atoms with Crippen molar-refractivity contribution in [2.75, 3.05) is 55.5 Å². The molecule has 60 heavy (non-hydrogen) atoms. The number of unbranched alkanes of at least 4 members (excludes halogenated alkanes) is 1. The Morgan fingerprint density at radius 1 is 1.00 bits per heavy atom. The number of halogens is 2. The Bertz CT molecular complexity index is 2450. The van der Waals surface area contributed by atoms with Crippen LogP contribution in [0.15, 0.2) is 66.9 Å². The fraction of sp³-hybridized carbons (Fsp3) is 0.400. The van der Waals surface area contributed by atoms with Crippen molar-refractivity contribution in [2.45, 2.75) is 70.0 Å². The topological polar surface area (TPSA) is 140 Å². The SMILES string of the molecule is CN(CCCC#Cc1cccc2c1CN(C1CCC(=O)NC1=O)C2=O)C1CC2(CCN(c3ccc(Nc4ncc(Cl)c(Nc5ccccc5P(C)(C)=O)n4)cc3Cl)CC2)C1. The average molecular weight is 868 g/mol. The number of hydrogen-bond donors (Lipinski definition) is 3. The molecule has 3 aliphatic heterocycles. The summed E-state index contributed by atoms with van der Waals surface area (Å²) in [6.07, 6.45) is 8.48. The minimum absolute atomic E-state index is 0.179. The van der Waals surface area contributed by atoms with Crippen LogP contribution in [0.1, 0.15) is 72.9 Å². The van der Waals surface area contributed by atoms with Crippen LogP contribution < -0.4 is 26.2 Å². The lowest BCUT2D eigenvalue weighted by Gasteiger charge is -2.55. The second-order valence-corrected chi connectivity index (χ2v) is 20.8. The zero-order valence-corrected chi connectivity index (χ0v) is 36.5. The Labute approximate surface area is 361 Å². The molecular formula is C45H49Cl2N8O4P. The number of nitrogens with one attached hydrogen (secondary N) is 3. The number of fused-ring (bicyclic) bond motifs is 1. The van der Waals surface area contributed by atoms with Crippen molar-refractivity contribution in [1.29, 1.82) is 0 Å². The molecule has 4 heterocycles. The van der Waals surface area contributed by atoms with Crippen molar-refractivity contribution in [2.24, 2.45) is 5.41 Å². The molecule has 0 radical (unpaired) electrons. The molecule has 3 amide bonds. The number of carbonyl (C=O) groups excluding carboxylic acids is 3. The van der Waals surface area contributed by atoms with Crippen LogP contribution in [0.4, 0.5) is 28.8 Å². The van der Waals surface area contributed by atoms with E-state index in [0.717, 1.165) is 73.1 Å². The molecule has 1 aliphatic carbocycles. The molecule has 0 bridgehead atoms. The molecule has 1 saturated carbocycles.